The molecule has 0 spiro atoms. The van der Waals surface area contributed by atoms with E-state index in [-0.39, 0.29) is 29.4 Å². The Labute approximate surface area is 180 Å². The van der Waals surface area contributed by atoms with Crippen molar-refractivity contribution in [1.29, 1.82) is 0 Å². The summed E-state index contributed by atoms with van der Waals surface area (Å²) in [7, 11) is 0. The van der Waals surface area contributed by atoms with Gasteiger partial charge in [-0.2, -0.15) is 0 Å². The first kappa shape index (κ1) is 26.9. The fourth-order valence-corrected chi connectivity index (χ4v) is 2.18. The third kappa shape index (κ3) is 9.75. The summed E-state index contributed by atoms with van der Waals surface area (Å²) < 4.78 is 0. The van der Waals surface area contributed by atoms with E-state index in [9.17, 15) is 30.3 Å². The lowest BCUT2D eigenvalue weighted by Gasteiger charge is -1.92. The van der Waals surface area contributed by atoms with E-state index in [1.807, 2.05) is 19.9 Å². The van der Waals surface area contributed by atoms with Gasteiger partial charge in [0.1, 0.15) is 0 Å². The van der Waals surface area contributed by atoms with Crippen LogP contribution in [0.3, 0.4) is 0 Å². The molecule has 0 aliphatic rings. The second-order valence-corrected chi connectivity index (χ2v) is 6.23. The molecule has 9 heteroatoms. The zero-order valence-corrected chi connectivity index (χ0v) is 16.7. The molecule has 0 amide bonds. The highest BCUT2D eigenvalue weighted by molar-refractivity contribution is 5.38. The summed E-state index contributed by atoms with van der Waals surface area (Å²) >= 11 is 0. The van der Waals surface area contributed by atoms with Crippen LogP contribution in [-0.4, -0.2) is 14.8 Å². The summed E-state index contributed by atoms with van der Waals surface area (Å²) in [6, 6.07) is 19.6. The van der Waals surface area contributed by atoms with E-state index >= 15 is 0 Å². The fourth-order valence-electron chi connectivity index (χ4n) is 2.18. The Morgan fingerprint density at radius 2 is 1.13 bits per heavy atom. The van der Waals surface area contributed by atoms with Crippen molar-refractivity contribution in [3.05, 3.63) is 120 Å². The monoisotopic (exact) mass is 427 g/mol. The number of non-ortho nitro benzene ring substituents is 2. The summed E-state index contributed by atoms with van der Waals surface area (Å²) in [6.45, 7) is 5.44. The van der Waals surface area contributed by atoms with Gasteiger partial charge in [0.15, 0.2) is 0 Å². The maximum Gasteiger partial charge on any atom is 0.272 e. The number of hydrogen-bond acceptors (Lipinski definition) is 6. The van der Waals surface area contributed by atoms with Gasteiger partial charge in [-0.05, 0) is 26.3 Å². The van der Waals surface area contributed by atoms with E-state index in [1.165, 1.54) is 24.3 Å². The first-order valence-electron chi connectivity index (χ1n) is 8.74. The molecule has 0 aliphatic heterocycles. The molecular formula is C22H25N3O6. The summed E-state index contributed by atoms with van der Waals surface area (Å²) in [4.78, 5) is 29.3. The van der Waals surface area contributed by atoms with Crippen molar-refractivity contribution < 1.29 is 14.8 Å². The molecule has 3 aromatic carbocycles. The minimum atomic E-state index is -0.403. The van der Waals surface area contributed by atoms with E-state index in [0.717, 1.165) is 11.1 Å². The summed E-state index contributed by atoms with van der Waals surface area (Å²) in [5, 5.41) is 30.5. The largest absolute Gasteiger partial charge is 0.272 e. The molecule has 0 radical (unpaired) electrons. The normalized spacial score (nSPS) is 9.00. The Hall–Kier alpha value is -4.14. The molecule has 0 saturated carbocycles. The Kier molecular flexibility index (Phi) is 11.4. The summed E-state index contributed by atoms with van der Waals surface area (Å²) in [5.74, 6) is 0. The van der Waals surface area contributed by atoms with Gasteiger partial charge in [0, 0.05) is 35.9 Å². The van der Waals surface area contributed by atoms with Crippen LogP contribution < -0.4 is 0 Å². The number of hydrogen-bond donors (Lipinski definition) is 0. The molecule has 0 fully saturated rings. The van der Waals surface area contributed by atoms with E-state index in [1.54, 1.807) is 49.4 Å². The second kappa shape index (κ2) is 13.2. The highest BCUT2D eigenvalue weighted by Gasteiger charge is 2.06. The number of benzene rings is 3. The first-order valence-corrected chi connectivity index (χ1v) is 8.74. The molecule has 0 atom stereocenters. The Morgan fingerprint density at radius 3 is 1.52 bits per heavy atom. The van der Waals surface area contributed by atoms with Crippen LogP contribution in [0, 0.1) is 51.1 Å². The van der Waals surface area contributed by atoms with Gasteiger partial charge < -0.3 is 0 Å². The molecule has 164 valence electrons. The maximum absolute atomic E-state index is 10.2. The van der Waals surface area contributed by atoms with E-state index < -0.39 is 9.85 Å². The zero-order valence-electron chi connectivity index (χ0n) is 16.7. The van der Waals surface area contributed by atoms with Crippen molar-refractivity contribution in [3.63, 3.8) is 0 Å². The Morgan fingerprint density at radius 1 is 0.581 bits per heavy atom. The molecule has 3 rings (SSSR count). The maximum atomic E-state index is 10.2. The van der Waals surface area contributed by atoms with Crippen molar-refractivity contribution in [1.82, 2.24) is 0 Å². The predicted molar refractivity (Wildman–Crippen MR) is 120 cm³/mol. The third-order valence-electron chi connectivity index (χ3n) is 3.77. The van der Waals surface area contributed by atoms with E-state index in [2.05, 4.69) is 0 Å². The fraction of sp³-hybridized carbons (Fsp3) is 0.182. The van der Waals surface area contributed by atoms with Crippen LogP contribution in [-0.2, 0) is 0 Å². The van der Waals surface area contributed by atoms with Gasteiger partial charge in [0.25, 0.3) is 17.1 Å². The molecular weight excluding hydrogens is 402 g/mol. The minimum Gasteiger partial charge on any atom is -0.258 e. The van der Waals surface area contributed by atoms with E-state index in [4.69, 9.17) is 0 Å². The Bertz CT molecular complexity index is 1020. The molecule has 9 nitrogen and oxygen atoms in total. The van der Waals surface area contributed by atoms with Crippen molar-refractivity contribution in [2.24, 2.45) is 0 Å². The molecule has 3 aromatic rings. The van der Waals surface area contributed by atoms with Gasteiger partial charge in [-0.3, -0.25) is 30.3 Å². The van der Waals surface area contributed by atoms with Crippen LogP contribution in [0.4, 0.5) is 17.1 Å². The van der Waals surface area contributed by atoms with Crippen LogP contribution in [0.15, 0.2) is 72.8 Å². The van der Waals surface area contributed by atoms with Crippen molar-refractivity contribution in [2.75, 3.05) is 0 Å². The van der Waals surface area contributed by atoms with E-state index in [0.29, 0.717) is 5.56 Å². The lowest BCUT2D eigenvalue weighted by Crippen LogP contribution is -1.89. The topological polar surface area (TPSA) is 129 Å². The van der Waals surface area contributed by atoms with Gasteiger partial charge in [-0.25, -0.2) is 0 Å². The average Bonchev–Trinajstić information content (AvgIpc) is 2.69. The number of para-hydroxylation sites is 1. The first-order chi connectivity index (χ1) is 14.1. The smallest absolute Gasteiger partial charge is 0.258 e. The number of nitro benzene ring substituents is 3. The predicted octanol–water partition coefficient (Wildman–Crippen LogP) is 6.35. The van der Waals surface area contributed by atoms with Crippen LogP contribution in [0.1, 0.15) is 24.1 Å². The number of rotatable bonds is 3. The molecule has 31 heavy (non-hydrogen) atoms. The molecule has 0 aromatic heterocycles. The van der Waals surface area contributed by atoms with Gasteiger partial charge in [-0.1, -0.05) is 55.5 Å². The summed E-state index contributed by atoms with van der Waals surface area (Å²) in [5.41, 5.74) is 3.13. The van der Waals surface area contributed by atoms with Crippen LogP contribution in [0.5, 0.6) is 0 Å². The van der Waals surface area contributed by atoms with Crippen LogP contribution in [0.25, 0.3) is 0 Å². The number of nitrogens with zero attached hydrogens (tertiary/aromatic N) is 3. The SMILES string of the molecule is C.Cc1ccc([N+](=O)[O-])cc1.Cc1cccc([N+](=O)[O-])c1.Cc1ccccc1[N+](=O)[O-]. The minimum absolute atomic E-state index is 0. The number of nitro groups is 3. The number of aryl methyl sites for hydroxylation is 3. The lowest BCUT2D eigenvalue weighted by molar-refractivity contribution is -0.385. The average molecular weight is 427 g/mol. The Balaban J connectivity index is 0.000000429. The molecule has 0 bridgehead atoms. The van der Waals surface area contributed by atoms with Gasteiger partial charge in [-0.15, -0.1) is 0 Å². The molecule has 0 unspecified atom stereocenters. The molecule has 0 saturated heterocycles. The van der Waals surface area contributed by atoms with Crippen molar-refractivity contribution >= 4 is 17.1 Å². The summed E-state index contributed by atoms with van der Waals surface area (Å²) in [6.07, 6.45) is 0. The van der Waals surface area contributed by atoms with Gasteiger partial charge in [0.2, 0.25) is 0 Å². The quantitative estimate of drug-likeness (QED) is 0.354. The highest BCUT2D eigenvalue weighted by atomic mass is 16.6. The molecule has 0 N–H and O–H groups in total. The van der Waals surface area contributed by atoms with Crippen LogP contribution >= 0.6 is 0 Å². The zero-order chi connectivity index (χ0) is 22.7. The van der Waals surface area contributed by atoms with Crippen molar-refractivity contribution in [3.8, 4) is 0 Å². The van der Waals surface area contributed by atoms with Gasteiger partial charge in [0.05, 0.1) is 14.8 Å². The second-order valence-electron chi connectivity index (χ2n) is 6.23. The third-order valence-corrected chi connectivity index (χ3v) is 3.77. The van der Waals surface area contributed by atoms with Crippen LogP contribution in [0.2, 0.25) is 0 Å². The van der Waals surface area contributed by atoms with Crippen molar-refractivity contribution in [2.45, 2.75) is 28.2 Å². The standard InChI is InChI=1S/3C7H7NO2.CH4/c1-6-2-4-7(5-3-6)8(9)10;1-6-3-2-4-7(5-6)8(9)10;1-6-4-2-3-5-7(6)8(9)10;/h3*2-5H,1H3;1H4. The molecule has 0 aliphatic carbocycles. The molecule has 0 heterocycles. The highest BCUT2D eigenvalue weighted by Crippen LogP contribution is 2.15. The lowest BCUT2D eigenvalue weighted by atomic mass is 10.2. The van der Waals surface area contributed by atoms with Gasteiger partial charge >= 0.3 is 0 Å².